The van der Waals surface area contributed by atoms with E-state index in [0.29, 0.717) is 0 Å². The second-order valence-corrected chi connectivity index (χ2v) is 4.15. The van der Waals surface area contributed by atoms with Gasteiger partial charge in [-0.05, 0) is 20.8 Å². The van der Waals surface area contributed by atoms with Gasteiger partial charge in [-0.15, -0.1) is 0 Å². The predicted octanol–water partition coefficient (Wildman–Crippen LogP) is 3.12. The van der Waals surface area contributed by atoms with Gasteiger partial charge in [-0.1, -0.05) is 25.6 Å². The Balaban J connectivity index is 0.000000461. The van der Waals surface area contributed by atoms with E-state index >= 15 is 0 Å². The fourth-order valence-electron chi connectivity index (χ4n) is 0.587. The van der Waals surface area contributed by atoms with Gasteiger partial charge >= 0.3 is 5.24 Å². The molecule has 3 heteroatoms. The molecule has 0 aromatic carbocycles. The van der Waals surface area contributed by atoms with Gasteiger partial charge in [0.2, 0.25) is 0 Å². The number of carbonyl (C=O) groups excluding carboxylic acids is 1. The average molecular weight is 173 g/mol. The molecule has 1 aliphatic heterocycles. The summed E-state index contributed by atoms with van der Waals surface area (Å²) in [4.78, 5) is 14.4. The summed E-state index contributed by atoms with van der Waals surface area (Å²) < 4.78 is -0.0584. The molecule has 0 spiro atoms. The van der Waals surface area contributed by atoms with Crippen molar-refractivity contribution in [3.63, 3.8) is 0 Å². The van der Waals surface area contributed by atoms with E-state index in [1.165, 1.54) is 11.8 Å². The van der Waals surface area contributed by atoms with Crippen LogP contribution in [0.25, 0.3) is 0 Å². The van der Waals surface area contributed by atoms with E-state index in [1.54, 1.807) is 0 Å². The Hall–Kier alpha value is -0.310. The summed E-state index contributed by atoms with van der Waals surface area (Å²) in [7, 11) is 0. The molecule has 11 heavy (non-hydrogen) atoms. The van der Waals surface area contributed by atoms with E-state index in [9.17, 15) is 4.79 Å². The van der Waals surface area contributed by atoms with Crippen molar-refractivity contribution < 1.29 is 4.79 Å². The molecule has 0 aliphatic carbocycles. The molecule has 64 valence electrons. The summed E-state index contributed by atoms with van der Waals surface area (Å²) in [6, 6.07) is 0. The Labute approximate surface area is 72.5 Å². The largest absolute Gasteiger partial charge is 0.305 e. The summed E-state index contributed by atoms with van der Waals surface area (Å²) in [5.74, 6) is 0. The first-order valence-electron chi connectivity index (χ1n) is 3.81. The summed E-state index contributed by atoms with van der Waals surface area (Å²) in [5.41, 5.74) is 0.928. The van der Waals surface area contributed by atoms with Crippen LogP contribution in [-0.4, -0.2) is 15.7 Å². The van der Waals surface area contributed by atoms with Crippen LogP contribution in [0.2, 0.25) is 0 Å². The topological polar surface area (TPSA) is 29.4 Å². The van der Waals surface area contributed by atoms with Gasteiger partial charge in [0.1, 0.15) is 0 Å². The van der Waals surface area contributed by atoms with Crippen LogP contribution in [0.3, 0.4) is 0 Å². The molecule has 0 saturated heterocycles. The van der Waals surface area contributed by atoms with Crippen LogP contribution in [0.5, 0.6) is 0 Å². The van der Waals surface area contributed by atoms with Crippen molar-refractivity contribution in [2.45, 2.75) is 39.4 Å². The Morgan fingerprint density at radius 2 is 1.82 bits per heavy atom. The number of hydrogen-bond acceptors (Lipinski definition) is 2. The zero-order valence-electron chi connectivity index (χ0n) is 7.76. The van der Waals surface area contributed by atoms with Crippen LogP contribution >= 0.6 is 11.8 Å². The van der Waals surface area contributed by atoms with Crippen molar-refractivity contribution >= 4 is 22.7 Å². The molecule has 0 N–H and O–H groups in total. The van der Waals surface area contributed by atoms with E-state index in [4.69, 9.17) is 0 Å². The third-order valence-electron chi connectivity index (χ3n) is 1.47. The molecule has 2 nitrogen and oxygen atoms in total. The number of carbonyl (C=O) groups is 1. The average Bonchev–Trinajstić information content (AvgIpc) is 2.10. The van der Waals surface area contributed by atoms with Gasteiger partial charge in [0, 0.05) is 5.71 Å². The van der Waals surface area contributed by atoms with Crippen molar-refractivity contribution in [3.05, 3.63) is 0 Å². The lowest BCUT2D eigenvalue weighted by Gasteiger charge is -2.13. The van der Waals surface area contributed by atoms with Gasteiger partial charge in [-0.25, -0.2) is 4.99 Å². The van der Waals surface area contributed by atoms with Gasteiger partial charge in [0.15, 0.2) is 0 Å². The summed E-state index contributed by atoms with van der Waals surface area (Å²) in [6.07, 6.45) is 0. The molecule has 0 unspecified atom stereocenters. The SMILES string of the molecule is CC.CC1=NC(=O)SC1(C)C. The van der Waals surface area contributed by atoms with Gasteiger partial charge in [0.25, 0.3) is 0 Å². The third-order valence-corrected chi connectivity index (χ3v) is 2.54. The zero-order valence-corrected chi connectivity index (χ0v) is 8.58. The molecule has 0 radical (unpaired) electrons. The second kappa shape index (κ2) is 3.90. The maximum absolute atomic E-state index is 10.6. The molecule has 0 saturated carbocycles. The van der Waals surface area contributed by atoms with Crippen LogP contribution in [0.1, 0.15) is 34.6 Å². The number of hydrogen-bond donors (Lipinski definition) is 0. The van der Waals surface area contributed by atoms with Gasteiger partial charge in [0.05, 0.1) is 4.75 Å². The molecular formula is C8H15NOS. The van der Waals surface area contributed by atoms with E-state index in [0.717, 1.165) is 5.71 Å². The number of nitrogens with zero attached hydrogens (tertiary/aromatic N) is 1. The maximum Gasteiger partial charge on any atom is 0.305 e. The maximum atomic E-state index is 10.6. The van der Waals surface area contributed by atoms with Crippen LogP contribution < -0.4 is 0 Å². The fraction of sp³-hybridized carbons (Fsp3) is 0.750. The first-order valence-corrected chi connectivity index (χ1v) is 4.63. The van der Waals surface area contributed by atoms with Gasteiger partial charge in [-0.3, -0.25) is 4.79 Å². The molecule has 1 rings (SSSR count). The number of rotatable bonds is 0. The third kappa shape index (κ3) is 2.66. The standard InChI is InChI=1S/C6H9NOS.C2H6/c1-4-6(2,3)9-5(8)7-4;1-2/h1-3H3;1-2H3. The molecule has 0 fully saturated rings. The first-order chi connectivity index (χ1) is 5.02. The zero-order chi connectivity index (χ0) is 9.07. The van der Waals surface area contributed by atoms with E-state index in [1.807, 2.05) is 34.6 Å². The van der Waals surface area contributed by atoms with Crippen molar-refractivity contribution in [2.24, 2.45) is 4.99 Å². The van der Waals surface area contributed by atoms with Crippen LogP contribution in [0.4, 0.5) is 4.79 Å². The monoisotopic (exact) mass is 173 g/mol. The smallest absolute Gasteiger partial charge is 0.259 e. The van der Waals surface area contributed by atoms with E-state index in [-0.39, 0.29) is 9.99 Å². The minimum atomic E-state index is -0.0584. The highest BCUT2D eigenvalue weighted by atomic mass is 32.2. The Morgan fingerprint density at radius 1 is 1.36 bits per heavy atom. The van der Waals surface area contributed by atoms with Crippen LogP contribution in [0.15, 0.2) is 4.99 Å². The molecule has 0 aromatic heterocycles. The highest BCUT2D eigenvalue weighted by Gasteiger charge is 2.31. The summed E-state index contributed by atoms with van der Waals surface area (Å²) in [5, 5.41) is -0.0579. The Bertz CT molecular complexity index is 185. The van der Waals surface area contributed by atoms with E-state index in [2.05, 4.69) is 4.99 Å². The highest BCUT2D eigenvalue weighted by Crippen LogP contribution is 2.33. The number of aliphatic imine (C=N–C) groups is 1. The van der Waals surface area contributed by atoms with Gasteiger partial charge < -0.3 is 0 Å². The predicted molar refractivity (Wildman–Crippen MR) is 51.5 cm³/mol. The fourth-order valence-corrected chi connectivity index (χ4v) is 1.40. The number of thioether (sulfide) groups is 1. The number of amides is 1. The quantitative estimate of drug-likeness (QED) is 0.563. The molecular weight excluding hydrogens is 158 g/mol. The summed E-state index contributed by atoms with van der Waals surface area (Å²) in [6.45, 7) is 9.89. The Morgan fingerprint density at radius 3 is 1.91 bits per heavy atom. The normalized spacial score (nSPS) is 20.5. The van der Waals surface area contributed by atoms with Crippen LogP contribution in [-0.2, 0) is 0 Å². The lowest BCUT2D eigenvalue weighted by atomic mass is 10.1. The summed E-state index contributed by atoms with van der Waals surface area (Å²) >= 11 is 1.29. The van der Waals surface area contributed by atoms with Crippen molar-refractivity contribution in [2.75, 3.05) is 0 Å². The van der Waals surface area contributed by atoms with Gasteiger partial charge in [-0.2, -0.15) is 0 Å². The van der Waals surface area contributed by atoms with Crippen molar-refractivity contribution in [3.8, 4) is 0 Å². The molecule has 0 atom stereocenters. The van der Waals surface area contributed by atoms with Crippen LogP contribution in [0, 0.1) is 0 Å². The molecule has 1 aliphatic rings. The highest BCUT2D eigenvalue weighted by molar-refractivity contribution is 8.15. The molecule has 1 amide bonds. The van der Waals surface area contributed by atoms with Crippen molar-refractivity contribution in [1.29, 1.82) is 0 Å². The van der Waals surface area contributed by atoms with E-state index < -0.39 is 0 Å². The minimum Gasteiger partial charge on any atom is -0.259 e. The lowest BCUT2D eigenvalue weighted by molar-refractivity contribution is 0.268. The molecule has 1 heterocycles. The molecule has 0 aromatic rings. The molecule has 0 bridgehead atoms. The minimum absolute atomic E-state index is 0.0579. The lowest BCUT2D eigenvalue weighted by Crippen LogP contribution is -2.20. The first kappa shape index (κ1) is 10.7. The van der Waals surface area contributed by atoms with Crippen molar-refractivity contribution in [1.82, 2.24) is 0 Å². The Kier molecular flexibility index (Phi) is 3.79. The second-order valence-electron chi connectivity index (χ2n) is 2.58.